The summed E-state index contributed by atoms with van der Waals surface area (Å²) >= 11 is 0. The molecule has 0 bridgehead atoms. The van der Waals surface area contributed by atoms with Crippen molar-refractivity contribution < 1.29 is 21.6 Å². The predicted molar refractivity (Wildman–Crippen MR) is 30.5 cm³/mol. The molecule has 0 saturated heterocycles. The molecule has 0 aliphatic carbocycles. The van der Waals surface area contributed by atoms with E-state index in [0.29, 0.717) is 0 Å². The quantitative estimate of drug-likeness (QED) is 0.598. The van der Waals surface area contributed by atoms with Gasteiger partial charge in [-0.15, -0.1) is 4.73 Å². The van der Waals surface area contributed by atoms with Gasteiger partial charge in [0.15, 0.2) is 0 Å². The van der Waals surface area contributed by atoms with Crippen molar-refractivity contribution in [2.45, 2.75) is 6.92 Å². The minimum atomic E-state index is -3.82. The zero-order valence-electron chi connectivity index (χ0n) is 6.50. The van der Waals surface area contributed by atoms with Crippen molar-refractivity contribution in [2.24, 2.45) is 0 Å². The molecule has 0 aliphatic rings. The Morgan fingerprint density at radius 1 is 2.00 bits per heavy atom. The Balaban J connectivity index is -0.0000000600. The third-order valence-corrected chi connectivity index (χ3v) is 1.52. The average molecular weight is 267 g/mol. The Morgan fingerprint density at radius 3 is 2.38 bits per heavy atom. The van der Waals surface area contributed by atoms with Gasteiger partial charge in [0.05, 0.1) is 0 Å². The fraction of sp³-hybridized carbons (Fsp3) is 1.00. The summed E-state index contributed by atoms with van der Waals surface area (Å²) in [6, 6.07) is 0. The Bertz CT molecular complexity index is 96.5. The molecule has 48 valence electrons. The predicted octanol–water partition coefficient (Wildman–Crippen LogP) is 0.937. The summed E-state index contributed by atoms with van der Waals surface area (Å²) < 4.78 is 23.4. The minimum absolute atomic E-state index is 0. The fourth-order valence-electron chi connectivity index (χ4n) is 0.0488. The summed E-state index contributed by atoms with van der Waals surface area (Å²) in [6.45, 7) is 1.36. The molecule has 0 aliphatic heterocycles. The molecule has 6 heteroatoms. The van der Waals surface area contributed by atoms with E-state index in [0.717, 1.165) is 0 Å². The summed E-state index contributed by atoms with van der Waals surface area (Å²) in [5, 5.41) is 0. The van der Waals surface area contributed by atoms with E-state index in [1.165, 1.54) is 6.92 Å². The van der Waals surface area contributed by atoms with Gasteiger partial charge in [0.1, 0.15) is 0 Å². The maximum Gasteiger partial charge on any atom is 2.00 e. The van der Waals surface area contributed by atoms with E-state index in [9.17, 15) is 9.09 Å². The molecular weight excluding hydrogens is 259 g/mol. The van der Waals surface area contributed by atoms with Crippen LogP contribution in [0.15, 0.2) is 0 Å². The van der Waals surface area contributed by atoms with Gasteiger partial charge in [0, 0.05) is 6.16 Å². The second-order valence-electron chi connectivity index (χ2n) is 1.02. The fourth-order valence-corrected chi connectivity index (χ4v) is 0.146. The van der Waals surface area contributed by atoms with Gasteiger partial charge < -0.3 is 7.75 Å². The maximum absolute atomic E-state index is 10.8. The number of hydrogen-bond donors (Lipinski definition) is 1. The zero-order valence-corrected chi connectivity index (χ0v) is 9.84. The normalized spacial score (nSPS) is 16.4. The van der Waals surface area contributed by atoms with Gasteiger partial charge in [-0.2, -0.15) is 0 Å². The largest absolute Gasteiger partial charge is 2.00 e. The van der Waals surface area contributed by atoms with Crippen molar-refractivity contribution in [1.29, 1.82) is 0 Å². The average Bonchev–Trinajstić information content (AvgIpc) is 1.68. The Morgan fingerprint density at radius 2 is 2.38 bits per heavy atom. The van der Waals surface area contributed by atoms with Crippen LogP contribution in [-0.2, 0) is 9.29 Å². The van der Waals surface area contributed by atoms with Gasteiger partial charge >= 0.3 is 56.5 Å². The first kappa shape index (κ1) is 12.3. The van der Waals surface area contributed by atoms with E-state index in [1.54, 1.807) is 0 Å². The molecule has 0 aromatic carbocycles. The van der Waals surface area contributed by atoms with Gasteiger partial charge in [0.2, 0.25) is 0 Å². The van der Waals surface area contributed by atoms with E-state index in [2.05, 4.69) is 4.73 Å². The first-order chi connectivity index (χ1) is 3.12. The van der Waals surface area contributed by atoms with Crippen molar-refractivity contribution >= 4 is 56.5 Å². The Hall–Kier alpha value is 1.65. The van der Waals surface area contributed by atoms with E-state index in [-0.39, 0.29) is 57.9 Å². The summed E-state index contributed by atoms with van der Waals surface area (Å²) in [5.74, 6) is 0. The maximum atomic E-state index is 10.8. The van der Waals surface area contributed by atoms with E-state index in [1.807, 2.05) is 0 Å². The van der Waals surface area contributed by atoms with E-state index in [4.69, 9.17) is 4.89 Å². The minimum Gasteiger partial charge on any atom is -1.00 e. The summed E-state index contributed by atoms with van der Waals surface area (Å²) in [7, 11) is -3.82. The number of hydrogen-bond acceptors (Lipinski definition) is 2. The van der Waals surface area contributed by atoms with Crippen LogP contribution in [0.2, 0.25) is 0 Å². The molecule has 0 amide bonds. The third-order valence-electron chi connectivity index (χ3n) is 0.507. The van der Waals surface area contributed by atoms with Gasteiger partial charge in [-0.05, 0) is 4.53 Å². The van der Waals surface area contributed by atoms with Crippen LogP contribution in [0.4, 0.5) is 4.53 Å². The van der Waals surface area contributed by atoms with Crippen LogP contribution in [0.1, 0.15) is 9.78 Å². The molecule has 0 spiro atoms. The van der Waals surface area contributed by atoms with Crippen molar-refractivity contribution in [1.82, 2.24) is 0 Å². The van der Waals surface area contributed by atoms with Gasteiger partial charge in [-0.3, -0.25) is 4.57 Å². The van der Waals surface area contributed by atoms with Gasteiger partial charge in [-0.1, -0.05) is 6.92 Å². The van der Waals surface area contributed by atoms with Crippen LogP contribution in [0, 0.1) is 0 Å². The molecule has 1 unspecified atom stereocenters. The van der Waals surface area contributed by atoms with E-state index >= 15 is 0 Å². The smallest absolute Gasteiger partial charge is 1.00 e. The van der Waals surface area contributed by atoms with Crippen LogP contribution in [0.3, 0.4) is 0 Å². The Kier molecular flexibility index (Phi) is 8.39. The van der Waals surface area contributed by atoms with Crippen LogP contribution < -0.4 is 0 Å². The zero-order chi connectivity index (χ0) is 5.91. The third kappa shape index (κ3) is 5.78. The number of rotatable bonds is 2. The molecule has 8 heavy (non-hydrogen) atoms. The Labute approximate surface area is 90.1 Å². The first-order valence-corrected chi connectivity index (χ1v) is 3.51. The molecule has 0 fully saturated rings. The second-order valence-corrected chi connectivity index (χ2v) is 3.07. The van der Waals surface area contributed by atoms with Crippen LogP contribution >= 0.6 is 7.60 Å². The molecule has 0 aromatic rings. The van der Waals surface area contributed by atoms with Crippen LogP contribution in [0.5, 0.6) is 0 Å². The van der Waals surface area contributed by atoms with Crippen molar-refractivity contribution in [3.63, 3.8) is 0 Å². The monoisotopic (exact) mass is 268 g/mol. The van der Waals surface area contributed by atoms with E-state index < -0.39 is 7.60 Å². The molecular formula is C2H8BaFO3P. The topological polar surface area (TPSA) is 46.5 Å². The molecule has 1 N–H and O–H groups in total. The van der Waals surface area contributed by atoms with Crippen LogP contribution in [-0.4, -0.2) is 59.9 Å². The molecule has 0 rings (SSSR count). The number of halogens is 1. The molecule has 1 atom stereocenters. The molecule has 0 saturated carbocycles. The molecule has 0 aromatic heterocycles. The van der Waals surface area contributed by atoms with Gasteiger partial charge in [0.25, 0.3) is 0 Å². The molecule has 0 radical (unpaired) electrons. The standard InChI is InChI=1S/C2H6FO3P.Ba.2H/c1-2-7(4,5)6-3;;;/h2H2,1H3,(H,4,5);;;/q;+2;2*-1. The second kappa shape index (κ2) is 5.44. The summed E-state index contributed by atoms with van der Waals surface area (Å²) in [4.78, 5) is 8.09. The molecule has 3 nitrogen and oxygen atoms in total. The van der Waals surface area contributed by atoms with Crippen LogP contribution in [0.25, 0.3) is 0 Å². The van der Waals surface area contributed by atoms with Gasteiger partial charge in [-0.25, -0.2) is 0 Å². The SMILES string of the molecule is CCP(=O)(O)OF.[Ba+2].[H-].[H-]. The summed E-state index contributed by atoms with van der Waals surface area (Å²) in [6.07, 6.45) is -0.191. The molecule has 0 heterocycles. The van der Waals surface area contributed by atoms with Crippen molar-refractivity contribution in [2.75, 3.05) is 6.16 Å². The van der Waals surface area contributed by atoms with Crippen molar-refractivity contribution in [3.05, 3.63) is 0 Å². The summed E-state index contributed by atoms with van der Waals surface area (Å²) in [5.41, 5.74) is 0. The van der Waals surface area contributed by atoms with Crippen molar-refractivity contribution in [3.8, 4) is 0 Å². The first-order valence-electron chi connectivity index (χ1n) is 1.74.